The van der Waals surface area contributed by atoms with Crippen LogP contribution in [0.4, 0.5) is 20.6 Å². The summed E-state index contributed by atoms with van der Waals surface area (Å²) in [5, 5.41) is 13.8. The number of nitrogens with one attached hydrogen (secondary N) is 1. The molecule has 0 bridgehead atoms. The van der Waals surface area contributed by atoms with Gasteiger partial charge < -0.3 is 19.9 Å². The zero-order valence-corrected chi connectivity index (χ0v) is 18.6. The van der Waals surface area contributed by atoms with Crippen molar-refractivity contribution >= 4 is 17.5 Å². The number of hydrogen-bond acceptors (Lipinski definition) is 6. The Labute approximate surface area is 182 Å². The van der Waals surface area contributed by atoms with Crippen LogP contribution in [0.15, 0.2) is 18.2 Å². The summed E-state index contributed by atoms with van der Waals surface area (Å²) in [6, 6.07) is 4.02. The quantitative estimate of drug-likeness (QED) is 0.556. The van der Waals surface area contributed by atoms with Gasteiger partial charge in [0.15, 0.2) is 5.82 Å². The van der Waals surface area contributed by atoms with Gasteiger partial charge in [0.1, 0.15) is 5.60 Å². The first-order chi connectivity index (χ1) is 14.6. The van der Waals surface area contributed by atoms with E-state index in [1.807, 2.05) is 25.7 Å². The minimum absolute atomic E-state index is 0.151. The Hall–Kier alpha value is -2.42. The molecule has 2 aliphatic rings. The highest BCUT2D eigenvalue weighted by atomic mass is 19.1. The predicted octanol–water partition coefficient (Wildman–Crippen LogP) is 3.94. The molecule has 2 heterocycles. The SMILES string of the molecule is CC(C)(C)OC(=O)NC1CCN(CC2CCN(c3ccc([N+](=O)[O-])cc3F)CC2)CC1. The standard InChI is InChI=1S/C22H33FN4O4/c1-22(2,3)31-21(28)24-17-8-10-25(11-9-17)15-16-6-12-26(13-7-16)20-5-4-18(27(29)30)14-19(20)23/h4-5,14,16-17H,6-13,15H2,1-3H3,(H,24,28). The average molecular weight is 437 g/mol. The lowest BCUT2D eigenvalue weighted by Gasteiger charge is -2.38. The molecule has 31 heavy (non-hydrogen) atoms. The molecule has 0 aromatic heterocycles. The summed E-state index contributed by atoms with van der Waals surface area (Å²) >= 11 is 0. The molecule has 0 saturated carbocycles. The Morgan fingerprint density at radius 3 is 2.39 bits per heavy atom. The van der Waals surface area contributed by atoms with Gasteiger partial charge in [0.2, 0.25) is 0 Å². The average Bonchev–Trinajstić information content (AvgIpc) is 2.68. The van der Waals surface area contributed by atoms with Crippen LogP contribution < -0.4 is 10.2 Å². The number of piperidine rings is 2. The van der Waals surface area contributed by atoms with Gasteiger partial charge in [-0.2, -0.15) is 0 Å². The molecule has 3 rings (SSSR count). The first kappa shape index (κ1) is 23.2. The molecule has 2 fully saturated rings. The minimum atomic E-state index is -0.578. The van der Waals surface area contributed by atoms with E-state index in [2.05, 4.69) is 10.2 Å². The fraction of sp³-hybridized carbons (Fsp3) is 0.682. The lowest BCUT2D eigenvalue weighted by Crippen LogP contribution is -2.47. The van der Waals surface area contributed by atoms with Gasteiger partial charge in [-0.1, -0.05) is 0 Å². The molecule has 0 aliphatic carbocycles. The molecular weight excluding hydrogens is 403 g/mol. The van der Waals surface area contributed by atoms with E-state index in [0.29, 0.717) is 11.6 Å². The number of likely N-dealkylation sites (tertiary alicyclic amines) is 1. The van der Waals surface area contributed by atoms with E-state index in [1.165, 1.54) is 12.1 Å². The lowest BCUT2D eigenvalue weighted by molar-refractivity contribution is -0.385. The first-order valence-electron chi connectivity index (χ1n) is 11.0. The van der Waals surface area contributed by atoms with E-state index in [9.17, 15) is 19.3 Å². The van der Waals surface area contributed by atoms with E-state index < -0.39 is 16.3 Å². The fourth-order valence-electron chi connectivity index (χ4n) is 4.32. The Balaban J connectivity index is 1.40. The number of hydrogen-bond donors (Lipinski definition) is 1. The van der Waals surface area contributed by atoms with Crippen LogP contribution in [0.3, 0.4) is 0 Å². The number of amides is 1. The lowest BCUT2D eigenvalue weighted by atomic mass is 9.94. The number of carbonyl (C=O) groups excluding carboxylic acids is 1. The number of halogens is 1. The minimum Gasteiger partial charge on any atom is -0.444 e. The topological polar surface area (TPSA) is 88.0 Å². The van der Waals surface area contributed by atoms with Gasteiger partial charge in [-0.05, 0) is 58.4 Å². The number of carbonyl (C=O) groups is 1. The van der Waals surface area contributed by atoms with E-state index in [0.717, 1.165) is 64.5 Å². The van der Waals surface area contributed by atoms with Gasteiger partial charge in [0.05, 0.1) is 16.7 Å². The zero-order valence-electron chi connectivity index (χ0n) is 18.6. The van der Waals surface area contributed by atoms with Crippen molar-refractivity contribution in [2.75, 3.05) is 37.6 Å². The normalized spacial score (nSPS) is 19.3. The van der Waals surface area contributed by atoms with Gasteiger partial charge >= 0.3 is 6.09 Å². The molecule has 0 unspecified atom stereocenters. The smallest absolute Gasteiger partial charge is 0.407 e. The summed E-state index contributed by atoms with van der Waals surface area (Å²) in [5.74, 6) is 0.0138. The molecule has 1 N–H and O–H groups in total. The number of non-ortho nitro benzene ring substituents is 1. The third kappa shape index (κ3) is 6.78. The number of benzene rings is 1. The second-order valence-corrected chi connectivity index (χ2v) is 9.54. The Morgan fingerprint density at radius 2 is 1.84 bits per heavy atom. The van der Waals surface area contributed by atoms with Gasteiger partial charge in [-0.15, -0.1) is 0 Å². The second-order valence-electron chi connectivity index (χ2n) is 9.54. The number of anilines is 1. The van der Waals surface area contributed by atoms with Gasteiger partial charge in [0.25, 0.3) is 5.69 Å². The second kappa shape index (κ2) is 9.80. The van der Waals surface area contributed by atoms with E-state index in [1.54, 1.807) is 0 Å². The van der Waals surface area contributed by atoms with E-state index >= 15 is 0 Å². The molecular formula is C22H33FN4O4. The zero-order chi connectivity index (χ0) is 22.6. The third-order valence-electron chi connectivity index (χ3n) is 5.92. The molecule has 1 aromatic carbocycles. The summed E-state index contributed by atoms with van der Waals surface area (Å²) in [4.78, 5) is 26.6. The number of nitrogens with zero attached hydrogens (tertiary/aromatic N) is 3. The Bertz CT molecular complexity index is 782. The summed E-state index contributed by atoms with van der Waals surface area (Å²) < 4.78 is 19.6. The molecule has 0 radical (unpaired) electrons. The maximum atomic E-state index is 14.3. The molecule has 172 valence electrons. The molecule has 1 amide bonds. The van der Waals surface area contributed by atoms with Crippen LogP contribution in [0.25, 0.3) is 0 Å². The van der Waals surface area contributed by atoms with Crippen LogP contribution in [-0.4, -0.2) is 60.3 Å². The first-order valence-corrected chi connectivity index (χ1v) is 11.0. The van der Waals surface area contributed by atoms with Gasteiger partial charge in [0, 0.05) is 44.8 Å². The van der Waals surface area contributed by atoms with Crippen LogP contribution in [0.5, 0.6) is 0 Å². The predicted molar refractivity (Wildman–Crippen MR) is 117 cm³/mol. The van der Waals surface area contributed by atoms with Crippen molar-refractivity contribution in [3.63, 3.8) is 0 Å². The summed E-state index contributed by atoms with van der Waals surface area (Å²) in [6.07, 6.45) is 3.40. The number of nitro groups is 1. The van der Waals surface area contributed by atoms with Gasteiger partial charge in [-0.25, -0.2) is 9.18 Å². The molecule has 2 aliphatic heterocycles. The van der Waals surface area contributed by atoms with Crippen molar-refractivity contribution in [1.82, 2.24) is 10.2 Å². The molecule has 2 saturated heterocycles. The molecule has 0 spiro atoms. The maximum Gasteiger partial charge on any atom is 0.407 e. The Kier molecular flexibility index (Phi) is 7.35. The number of alkyl carbamates (subject to hydrolysis) is 1. The Morgan fingerprint density at radius 1 is 1.19 bits per heavy atom. The van der Waals surface area contributed by atoms with Crippen molar-refractivity contribution in [2.24, 2.45) is 5.92 Å². The van der Waals surface area contributed by atoms with Crippen LogP contribution in [0.2, 0.25) is 0 Å². The maximum absolute atomic E-state index is 14.3. The van der Waals surface area contributed by atoms with Crippen molar-refractivity contribution in [3.8, 4) is 0 Å². The monoisotopic (exact) mass is 436 g/mol. The highest BCUT2D eigenvalue weighted by Gasteiger charge is 2.27. The van der Waals surface area contributed by atoms with Crippen molar-refractivity contribution < 1.29 is 18.8 Å². The van der Waals surface area contributed by atoms with Crippen molar-refractivity contribution in [3.05, 3.63) is 34.1 Å². The molecule has 8 nitrogen and oxygen atoms in total. The highest BCUT2D eigenvalue weighted by Crippen LogP contribution is 2.29. The van der Waals surface area contributed by atoms with Crippen LogP contribution in [-0.2, 0) is 4.74 Å². The van der Waals surface area contributed by atoms with Crippen molar-refractivity contribution in [1.29, 1.82) is 0 Å². The number of ether oxygens (including phenoxy) is 1. The summed E-state index contributed by atoms with van der Waals surface area (Å²) in [6.45, 7) is 9.96. The largest absolute Gasteiger partial charge is 0.444 e. The number of nitro benzene ring substituents is 1. The fourth-order valence-corrected chi connectivity index (χ4v) is 4.32. The molecule has 9 heteroatoms. The van der Waals surface area contributed by atoms with E-state index in [4.69, 9.17) is 4.74 Å². The summed E-state index contributed by atoms with van der Waals surface area (Å²) in [5.41, 5.74) is -0.268. The van der Waals surface area contributed by atoms with Gasteiger partial charge in [-0.3, -0.25) is 10.1 Å². The van der Waals surface area contributed by atoms with E-state index in [-0.39, 0.29) is 17.8 Å². The molecule has 0 atom stereocenters. The summed E-state index contributed by atoms with van der Waals surface area (Å²) in [7, 11) is 0. The molecule has 1 aromatic rings. The van der Waals surface area contributed by atoms with Crippen molar-refractivity contribution in [2.45, 2.75) is 58.1 Å². The van der Waals surface area contributed by atoms with Crippen LogP contribution >= 0.6 is 0 Å². The van der Waals surface area contributed by atoms with Crippen LogP contribution in [0.1, 0.15) is 46.5 Å². The third-order valence-corrected chi connectivity index (χ3v) is 5.92. The number of rotatable bonds is 5. The highest BCUT2D eigenvalue weighted by molar-refractivity contribution is 5.68. The van der Waals surface area contributed by atoms with Crippen LogP contribution in [0, 0.1) is 21.8 Å².